The van der Waals surface area contributed by atoms with Crippen molar-refractivity contribution in [1.29, 1.82) is 0 Å². The molecular formula is C12H22N2O2. The number of β-amino-alcohol motifs (C(OH)–C–C–N with tert-alkyl or cyclic N) is 1. The maximum Gasteiger partial charge on any atom is 0.236 e. The molecule has 2 saturated heterocycles. The van der Waals surface area contributed by atoms with Gasteiger partial charge in [-0.3, -0.25) is 9.69 Å². The van der Waals surface area contributed by atoms with Crippen molar-refractivity contribution in [3.8, 4) is 0 Å². The smallest absolute Gasteiger partial charge is 0.236 e. The Labute approximate surface area is 97.2 Å². The van der Waals surface area contributed by atoms with Crippen LogP contribution >= 0.6 is 0 Å². The maximum absolute atomic E-state index is 11.9. The fourth-order valence-corrected chi connectivity index (χ4v) is 2.66. The minimum Gasteiger partial charge on any atom is -0.389 e. The minimum absolute atomic E-state index is 0.186. The number of aliphatic hydroxyl groups is 1. The average Bonchev–Trinajstić information content (AvgIpc) is 2.25. The van der Waals surface area contributed by atoms with E-state index < -0.39 is 0 Å². The minimum atomic E-state index is -0.285. The highest BCUT2D eigenvalue weighted by molar-refractivity contribution is 5.79. The summed E-state index contributed by atoms with van der Waals surface area (Å²) in [5.74, 6) is 0.186. The molecule has 1 N–H and O–H groups in total. The fraction of sp³-hybridized carbons (Fsp3) is 0.917. The number of carbonyl (C=O) groups is 1. The van der Waals surface area contributed by atoms with E-state index in [1.807, 2.05) is 0 Å². The largest absolute Gasteiger partial charge is 0.389 e. The van der Waals surface area contributed by atoms with Gasteiger partial charge in [0.1, 0.15) is 0 Å². The van der Waals surface area contributed by atoms with E-state index in [0.717, 1.165) is 13.0 Å². The Balaban J connectivity index is 1.80. The Morgan fingerprint density at radius 3 is 2.75 bits per heavy atom. The molecule has 0 aromatic rings. The molecule has 0 aliphatic carbocycles. The first-order chi connectivity index (χ1) is 7.70. The first kappa shape index (κ1) is 11.9. The van der Waals surface area contributed by atoms with Crippen molar-refractivity contribution in [3.63, 3.8) is 0 Å². The zero-order valence-corrected chi connectivity index (χ0v) is 10.1. The summed E-state index contributed by atoms with van der Waals surface area (Å²) in [4.78, 5) is 15.9. The third-order valence-corrected chi connectivity index (χ3v) is 3.77. The molecule has 2 aliphatic rings. The van der Waals surface area contributed by atoms with E-state index in [4.69, 9.17) is 5.11 Å². The number of likely N-dealkylation sites (tertiary alicyclic amines) is 2. The van der Waals surface area contributed by atoms with E-state index in [9.17, 15) is 4.79 Å². The van der Waals surface area contributed by atoms with Crippen LogP contribution in [0.2, 0.25) is 0 Å². The number of nitrogens with zero attached hydrogens (tertiary/aromatic N) is 2. The highest BCUT2D eigenvalue weighted by Gasteiger charge is 2.31. The number of piperidine rings is 1. The Hall–Kier alpha value is -0.610. The molecule has 0 spiro atoms. The van der Waals surface area contributed by atoms with Crippen LogP contribution in [-0.2, 0) is 4.79 Å². The second-order valence-electron chi connectivity index (χ2n) is 4.98. The van der Waals surface area contributed by atoms with Crippen molar-refractivity contribution in [2.45, 2.75) is 44.8 Å². The van der Waals surface area contributed by atoms with Crippen LogP contribution in [0, 0.1) is 0 Å². The van der Waals surface area contributed by atoms with E-state index in [2.05, 4.69) is 11.8 Å². The van der Waals surface area contributed by atoms with Crippen molar-refractivity contribution in [2.75, 3.05) is 26.2 Å². The lowest BCUT2D eigenvalue weighted by atomic mass is 10.00. The van der Waals surface area contributed by atoms with Crippen molar-refractivity contribution < 1.29 is 9.90 Å². The van der Waals surface area contributed by atoms with Crippen LogP contribution in [0.3, 0.4) is 0 Å². The fourth-order valence-electron chi connectivity index (χ4n) is 2.66. The van der Waals surface area contributed by atoms with Gasteiger partial charge in [-0.2, -0.15) is 0 Å². The molecule has 1 amide bonds. The summed E-state index contributed by atoms with van der Waals surface area (Å²) in [6, 6.07) is 0.587. The summed E-state index contributed by atoms with van der Waals surface area (Å²) in [6.45, 7) is 4.86. The van der Waals surface area contributed by atoms with Gasteiger partial charge in [-0.25, -0.2) is 0 Å². The van der Waals surface area contributed by atoms with Gasteiger partial charge in [0.05, 0.1) is 12.6 Å². The molecule has 2 rings (SSSR count). The van der Waals surface area contributed by atoms with Gasteiger partial charge in [-0.15, -0.1) is 0 Å². The van der Waals surface area contributed by atoms with Gasteiger partial charge in [-0.05, 0) is 25.8 Å². The van der Waals surface area contributed by atoms with Crippen LogP contribution in [-0.4, -0.2) is 59.1 Å². The van der Waals surface area contributed by atoms with Crippen molar-refractivity contribution in [3.05, 3.63) is 0 Å². The average molecular weight is 226 g/mol. The molecule has 2 fully saturated rings. The van der Waals surface area contributed by atoms with Crippen LogP contribution in [0.5, 0.6) is 0 Å². The summed E-state index contributed by atoms with van der Waals surface area (Å²) >= 11 is 0. The number of aliphatic hydroxyl groups excluding tert-OH is 1. The predicted octanol–water partition coefficient (Wildman–Crippen LogP) is 0.454. The van der Waals surface area contributed by atoms with E-state index in [1.54, 1.807) is 4.90 Å². The molecule has 4 nitrogen and oxygen atoms in total. The monoisotopic (exact) mass is 226 g/mol. The number of amides is 1. The van der Waals surface area contributed by atoms with Gasteiger partial charge in [0.25, 0.3) is 0 Å². The van der Waals surface area contributed by atoms with E-state index >= 15 is 0 Å². The lowest BCUT2D eigenvalue weighted by Crippen LogP contribution is -2.57. The Kier molecular flexibility index (Phi) is 3.82. The van der Waals surface area contributed by atoms with Crippen LogP contribution in [0.15, 0.2) is 0 Å². The van der Waals surface area contributed by atoms with Crippen molar-refractivity contribution in [2.24, 2.45) is 0 Å². The van der Waals surface area contributed by atoms with Crippen LogP contribution < -0.4 is 0 Å². The van der Waals surface area contributed by atoms with Crippen molar-refractivity contribution >= 4 is 5.91 Å². The number of carbonyl (C=O) groups excluding carboxylic acids is 1. The van der Waals surface area contributed by atoms with Gasteiger partial charge in [0.15, 0.2) is 0 Å². The topological polar surface area (TPSA) is 43.8 Å². The maximum atomic E-state index is 11.9. The molecule has 2 aliphatic heterocycles. The highest BCUT2D eigenvalue weighted by Crippen LogP contribution is 2.19. The first-order valence-electron chi connectivity index (χ1n) is 6.40. The Morgan fingerprint density at radius 2 is 2.12 bits per heavy atom. The van der Waals surface area contributed by atoms with Gasteiger partial charge in [0, 0.05) is 19.1 Å². The van der Waals surface area contributed by atoms with Crippen LogP contribution in [0.1, 0.15) is 32.6 Å². The molecule has 0 saturated carbocycles. The first-order valence-corrected chi connectivity index (χ1v) is 6.40. The summed E-state index contributed by atoms with van der Waals surface area (Å²) in [7, 11) is 0. The second kappa shape index (κ2) is 5.15. The van der Waals surface area contributed by atoms with E-state index in [-0.39, 0.29) is 12.0 Å². The second-order valence-corrected chi connectivity index (χ2v) is 4.98. The number of hydrogen-bond donors (Lipinski definition) is 1. The summed E-state index contributed by atoms with van der Waals surface area (Å²) < 4.78 is 0. The van der Waals surface area contributed by atoms with Crippen LogP contribution in [0.4, 0.5) is 0 Å². The molecular weight excluding hydrogens is 204 g/mol. The quantitative estimate of drug-likeness (QED) is 0.760. The number of rotatable bonds is 3. The van der Waals surface area contributed by atoms with Gasteiger partial charge in [-0.1, -0.05) is 13.3 Å². The molecule has 0 bridgehead atoms. The third-order valence-electron chi connectivity index (χ3n) is 3.77. The predicted molar refractivity (Wildman–Crippen MR) is 62.1 cm³/mol. The van der Waals surface area contributed by atoms with Gasteiger partial charge < -0.3 is 10.0 Å². The van der Waals surface area contributed by atoms with Crippen molar-refractivity contribution in [1.82, 2.24) is 9.80 Å². The Bertz CT molecular complexity index is 251. The Morgan fingerprint density at radius 1 is 1.38 bits per heavy atom. The number of hydrogen-bond acceptors (Lipinski definition) is 3. The molecule has 16 heavy (non-hydrogen) atoms. The lowest BCUT2D eigenvalue weighted by Gasteiger charge is -2.40. The van der Waals surface area contributed by atoms with E-state index in [1.165, 1.54) is 19.3 Å². The van der Waals surface area contributed by atoms with Gasteiger partial charge >= 0.3 is 0 Å². The molecule has 4 heteroatoms. The van der Waals surface area contributed by atoms with E-state index in [0.29, 0.717) is 25.7 Å². The summed E-state index contributed by atoms with van der Waals surface area (Å²) in [6.07, 6.45) is 4.59. The molecule has 0 aromatic heterocycles. The third kappa shape index (κ3) is 2.55. The molecule has 2 heterocycles. The SMILES string of the molecule is CCC1CCCCN1CC(=O)N1CC(O)C1. The zero-order chi connectivity index (χ0) is 11.5. The van der Waals surface area contributed by atoms with Crippen LogP contribution in [0.25, 0.3) is 0 Å². The standard InChI is InChI=1S/C12H22N2O2/c1-2-10-5-3-4-6-13(10)9-12(16)14-7-11(15)8-14/h10-11,15H,2-9H2,1H3. The highest BCUT2D eigenvalue weighted by atomic mass is 16.3. The molecule has 0 radical (unpaired) electrons. The molecule has 1 unspecified atom stereocenters. The lowest BCUT2D eigenvalue weighted by molar-refractivity contribution is -0.143. The summed E-state index contributed by atoms with van der Waals surface area (Å²) in [5, 5.41) is 9.16. The van der Waals surface area contributed by atoms with Gasteiger partial charge in [0.2, 0.25) is 5.91 Å². The zero-order valence-electron chi connectivity index (χ0n) is 10.1. The normalized spacial score (nSPS) is 27.9. The summed E-state index contributed by atoms with van der Waals surface area (Å²) in [5.41, 5.74) is 0. The molecule has 92 valence electrons. The molecule has 0 aromatic carbocycles. The molecule has 1 atom stereocenters.